The van der Waals surface area contributed by atoms with Crippen LogP contribution in [0, 0.1) is 0 Å². The van der Waals surface area contributed by atoms with Crippen LogP contribution in [0.25, 0.3) is 0 Å². The number of guanidine groups is 1. The topological polar surface area (TPSA) is 65.9 Å². The molecule has 0 aromatic heterocycles. The Morgan fingerprint density at radius 3 is 2.48 bits per heavy atom. The van der Waals surface area contributed by atoms with Crippen molar-refractivity contribution in [3.63, 3.8) is 0 Å². The Kier molecular flexibility index (Phi) is 9.11. The highest BCUT2D eigenvalue weighted by Gasteiger charge is 2.10. The van der Waals surface area contributed by atoms with Crippen LogP contribution in [0.1, 0.15) is 31.1 Å². The normalized spacial score (nSPS) is 13.9. The summed E-state index contributed by atoms with van der Waals surface area (Å²) in [6.07, 6.45) is -0.691. The van der Waals surface area contributed by atoms with E-state index in [0.29, 0.717) is 24.1 Å². The van der Waals surface area contributed by atoms with Crippen LogP contribution in [0.3, 0.4) is 0 Å². The second kappa shape index (κ2) is 11.6. The maximum absolute atomic E-state index is 10.2. The molecule has 146 valence electrons. The number of ether oxygens (including phenoxy) is 1. The van der Waals surface area contributed by atoms with Crippen LogP contribution in [0.4, 0.5) is 0 Å². The van der Waals surface area contributed by atoms with Gasteiger partial charge in [-0.15, -0.1) is 0 Å². The van der Waals surface area contributed by atoms with E-state index in [1.54, 1.807) is 0 Å². The van der Waals surface area contributed by atoms with Gasteiger partial charge >= 0.3 is 0 Å². The molecule has 0 saturated heterocycles. The number of hydrogen-bond acceptors (Lipinski definition) is 3. The third-order valence-electron chi connectivity index (χ3n) is 3.99. The number of aliphatic hydroxyl groups excluding tert-OH is 1. The summed E-state index contributed by atoms with van der Waals surface area (Å²) < 4.78 is 5.76. The summed E-state index contributed by atoms with van der Waals surface area (Å²) in [6, 6.07) is 17.6. The largest absolute Gasteiger partial charge is 0.389 e. The second-order valence-electron chi connectivity index (χ2n) is 6.24. The van der Waals surface area contributed by atoms with Crippen LogP contribution in [0.2, 0.25) is 5.02 Å². The molecule has 0 heterocycles. The summed E-state index contributed by atoms with van der Waals surface area (Å²) in [5, 5.41) is 17.2. The van der Waals surface area contributed by atoms with Crippen molar-refractivity contribution >= 4 is 17.6 Å². The molecule has 0 aliphatic heterocycles. The molecule has 0 bridgehead atoms. The molecule has 2 aromatic rings. The summed E-state index contributed by atoms with van der Waals surface area (Å²) in [6.45, 7) is 5.86. The van der Waals surface area contributed by atoms with Gasteiger partial charge in [0.05, 0.1) is 25.4 Å². The van der Waals surface area contributed by atoms with Crippen molar-refractivity contribution in [2.75, 3.05) is 19.7 Å². The maximum atomic E-state index is 10.2. The fourth-order valence-corrected chi connectivity index (χ4v) is 2.58. The predicted molar refractivity (Wildman–Crippen MR) is 111 cm³/mol. The first-order valence-corrected chi connectivity index (χ1v) is 9.57. The summed E-state index contributed by atoms with van der Waals surface area (Å²) in [5.41, 5.74) is 2.16. The molecule has 2 aromatic carbocycles. The Morgan fingerprint density at radius 2 is 1.81 bits per heavy atom. The number of hydrogen-bond donors (Lipinski definition) is 3. The smallest absolute Gasteiger partial charge is 0.191 e. The van der Waals surface area contributed by atoms with Crippen LogP contribution in [0.15, 0.2) is 59.6 Å². The number of rotatable bonds is 9. The quantitative estimate of drug-likeness (QED) is 0.453. The molecule has 0 radical (unpaired) electrons. The van der Waals surface area contributed by atoms with Crippen molar-refractivity contribution in [2.45, 2.75) is 32.6 Å². The van der Waals surface area contributed by atoms with Gasteiger partial charge in [0.1, 0.15) is 0 Å². The molecular formula is C21H28ClN3O2. The SMILES string of the molecule is CCNC(=NCc1ccc(Cl)cc1)NCC(O)COC(C)c1ccccc1. The van der Waals surface area contributed by atoms with Gasteiger partial charge in [-0.1, -0.05) is 54.1 Å². The van der Waals surface area contributed by atoms with Crippen LogP contribution in [0.5, 0.6) is 0 Å². The van der Waals surface area contributed by atoms with E-state index in [1.807, 2.05) is 68.4 Å². The zero-order valence-corrected chi connectivity index (χ0v) is 16.6. The van der Waals surface area contributed by atoms with Gasteiger partial charge < -0.3 is 20.5 Å². The highest BCUT2D eigenvalue weighted by Crippen LogP contribution is 2.15. The van der Waals surface area contributed by atoms with Crippen molar-refractivity contribution in [3.8, 4) is 0 Å². The standard InChI is InChI=1S/C21H28ClN3O2/c1-3-23-21(24-13-17-9-11-19(22)12-10-17)25-14-20(26)15-27-16(2)18-7-5-4-6-8-18/h4-12,16,20,26H,3,13-15H2,1-2H3,(H2,23,24,25). The van der Waals surface area contributed by atoms with Crippen molar-refractivity contribution < 1.29 is 9.84 Å². The number of nitrogens with one attached hydrogen (secondary N) is 2. The van der Waals surface area contributed by atoms with Crippen molar-refractivity contribution in [1.82, 2.24) is 10.6 Å². The van der Waals surface area contributed by atoms with Crippen LogP contribution in [-0.2, 0) is 11.3 Å². The minimum Gasteiger partial charge on any atom is -0.389 e. The maximum Gasteiger partial charge on any atom is 0.191 e. The molecule has 0 aliphatic rings. The molecule has 5 nitrogen and oxygen atoms in total. The molecule has 0 spiro atoms. The number of benzene rings is 2. The molecule has 0 aliphatic carbocycles. The predicted octanol–water partition coefficient (Wildman–Crippen LogP) is 3.53. The van der Waals surface area contributed by atoms with E-state index in [1.165, 1.54) is 0 Å². The van der Waals surface area contributed by atoms with Gasteiger partial charge in [-0.25, -0.2) is 4.99 Å². The minimum absolute atomic E-state index is 0.0624. The molecule has 3 N–H and O–H groups in total. The van der Waals surface area contributed by atoms with Crippen LogP contribution >= 0.6 is 11.6 Å². The molecular weight excluding hydrogens is 362 g/mol. The summed E-state index contributed by atoms with van der Waals surface area (Å²) in [4.78, 5) is 4.53. The second-order valence-corrected chi connectivity index (χ2v) is 6.68. The van der Waals surface area contributed by atoms with E-state index in [0.717, 1.165) is 17.7 Å². The third-order valence-corrected chi connectivity index (χ3v) is 4.24. The van der Waals surface area contributed by atoms with Crippen molar-refractivity contribution in [2.24, 2.45) is 4.99 Å². The zero-order valence-electron chi connectivity index (χ0n) is 15.9. The van der Waals surface area contributed by atoms with Gasteiger partial charge in [-0.2, -0.15) is 0 Å². The summed E-state index contributed by atoms with van der Waals surface area (Å²) in [5.74, 6) is 0.655. The monoisotopic (exact) mass is 389 g/mol. The van der Waals surface area contributed by atoms with Crippen molar-refractivity contribution in [1.29, 1.82) is 0 Å². The number of aliphatic imine (C=N–C) groups is 1. The van der Waals surface area contributed by atoms with Gasteiger partial charge in [0.25, 0.3) is 0 Å². The van der Waals surface area contributed by atoms with Gasteiger partial charge in [-0.3, -0.25) is 0 Å². The lowest BCUT2D eigenvalue weighted by atomic mass is 10.1. The van der Waals surface area contributed by atoms with E-state index in [-0.39, 0.29) is 12.7 Å². The average Bonchev–Trinajstić information content (AvgIpc) is 2.70. The highest BCUT2D eigenvalue weighted by molar-refractivity contribution is 6.30. The lowest BCUT2D eigenvalue weighted by Crippen LogP contribution is -2.42. The summed E-state index contributed by atoms with van der Waals surface area (Å²) in [7, 11) is 0. The molecule has 0 saturated carbocycles. The minimum atomic E-state index is -0.629. The fraction of sp³-hybridized carbons (Fsp3) is 0.381. The Morgan fingerprint density at radius 1 is 1.11 bits per heavy atom. The Labute approximate surface area is 166 Å². The Balaban J connectivity index is 1.78. The number of halogens is 1. The van der Waals surface area contributed by atoms with E-state index in [2.05, 4.69) is 15.6 Å². The first kappa shape index (κ1) is 21.2. The van der Waals surface area contributed by atoms with E-state index in [9.17, 15) is 5.11 Å². The lowest BCUT2D eigenvalue weighted by Gasteiger charge is -2.18. The van der Waals surface area contributed by atoms with Crippen LogP contribution in [-0.4, -0.2) is 36.9 Å². The molecule has 0 fully saturated rings. The highest BCUT2D eigenvalue weighted by atomic mass is 35.5. The first-order valence-electron chi connectivity index (χ1n) is 9.19. The molecule has 2 rings (SSSR count). The molecule has 27 heavy (non-hydrogen) atoms. The summed E-state index contributed by atoms with van der Waals surface area (Å²) >= 11 is 5.90. The van der Waals surface area contributed by atoms with E-state index >= 15 is 0 Å². The lowest BCUT2D eigenvalue weighted by molar-refractivity contribution is -0.000599. The van der Waals surface area contributed by atoms with Gasteiger partial charge in [0.15, 0.2) is 5.96 Å². The number of aliphatic hydroxyl groups is 1. The van der Waals surface area contributed by atoms with Gasteiger partial charge in [-0.05, 0) is 37.1 Å². The molecule has 2 atom stereocenters. The molecule has 2 unspecified atom stereocenters. The fourth-order valence-electron chi connectivity index (χ4n) is 2.45. The van der Waals surface area contributed by atoms with Gasteiger partial charge in [0.2, 0.25) is 0 Å². The average molecular weight is 390 g/mol. The molecule has 0 amide bonds. The van der Waals surface area contributed by atoms with E-state index < -0.39 is 6.10 Å². The van der Waals surface area contributed by atoms with Crippen molar-refractivity contribution in [3.05, 3.63) is 70.7 Å². The first-order chi connectivity index (χ1) is 13.1. The van der Waals surface area contributed by atoms with Crippen LogP contribution < -0.4 is 10.6 Å². The van der Waals surface area contributed by atoms with E-state index in [4.69, 9.17) is 16.3 Å². The van der Waals surface area contributed by atoms with Gasteiger partial charge in [0, 0.05) is 18.1 Å². The number of nitrogens with zero attached hydrogens (tertiary/aromatic N) is 1. The zero-order chi connectivity index (χ0) is 19.5. The molecule has 6 heteroatoms. The third kappa shape index (κ3) is 7.99. The Bertz CT molecular complexity index is 692. The Hall–Kier alpha value is -2.08.